The molecule has 0 saturated heterocycles. The minimum absolute atomic E-state index is 0.0103. The summed E-state index contributed by atoms with van der Waals surface area (Å²) in [6, 6.07) is 9.50. The maximum atomic E-state index is 11.5. The Bertz CT molecular complexity index is 803. The summed E-state index contributed by atoms with van der Waals surface area (Å²) in [7, 11) is 3.04. The molecule has 0 aliphatic carbocycles. The summed E-state index contributed by atoms with van der Waals surface area (Å²) in [6.07, 6.45) is 0.940. The van der Waals surface area contributed by atoms with Gasteiger partial charge in [-0.1, -0.05) is 20.8 Å². The average molecular weight is 375 g/mol. The molecule has 0 atom stereocenters. The molecule has 0 fully saturated rings. The maximum Gasteiger partial charge on any atom is 0.315 e. The largest absolute Gasteiger partial charge is 0.493 e. The average Bonchev–Trinajstić information content (AvgIpc) is 2.66. The Labute approximate surface area is 159 Å². The van der Waals surface area contributed by atoms with E-state index in [-0.39, 0.29) is 16.9 Å². The van der Waals surface area contributed by atoms with E-state index >= 15 is 0 Å². The van der Waals surface area contributed by atoms with E-state index in [9.17, 15) is 10.1 Å². The van der Waals surface area contributed by atoms with E-state index < -0.39 is 4.92 Å². The molecule has 27 heavy (non-hydrogen) atoms. The van der Waals surface area contributed by atoms with Crippen molar-refractivity contribution in [1.82, 2.24) is 0 Å². The van der Waals surface area contributed by atoms with Crippen LogP contribution in [0.25, 0.3) is 0 Å². The van der Waals surface area contributed by atoms with Crippen molar-refractivity contribution in [3.8, 4) is 28.7 Å². The highest BCUT2D eigenvalue weighted by atomic mass is 16.6. The minimum Gasteiger partial charge on any atom is -0.493 e. The monoisotopic (exact) mass is 375 g/mol. The molecular weight excluding hydrogens is 350 g/mol. The summed E-state index contributed by atoms with van der Waals surface area (Å²) in [4.78, 5) is 11.0. The lowest BCUT2D eigenvalue weighted by Gasteiger charge is -2.22. The Kier molecular flexibility index (Phi) is 6.50. The molecule has 0 heterocycles. The zero-order valence-corrected chi connectivity index (χ0v) is 16.3. The van der Waals surface area contributed by atoms with Crippen molar-refractivity contribution in [2.24, 2.45) is 5.41 Å². The standard InChI is InChI=1S/C20H25NO6/c1-6-20(2,3)13-26-14-7-9-17(16(11-14)21(22)23)27-15-8-10-18(24-4)19(12-15)25-5/h7-12H,6,13H2,1-5H3. The number of ether oxygens (including phenoxy) is 4. The Morgan fingerprint density at radius 2 is 1.59 bits per heavy atom. The van der Waals surface area contributed by atoms with Crippen molar-refractivity contribution >= 4 is 5.69 Å². The topological polar surface area (TPSA) is 80.1 Å². The van der Waals surface area contributed by atoms with Crippen molar-refractivity contribution in [1.29, 1.82) is 0 Å². The smallest absolute Gasteiger partial charge is 0.315 e. The normalized spacial score (nSPS) is 11.0. The molecule has 2 aromatic rings. The predicted octanol–water partition coefficient (Wildman–Crippen LogP) is 5.22. The third-order valence-corrected chi connectivity index (χ3v) is 4.30. The fourth-order valence-corrected chi connectivity index (χ4v) is 2.20. The van der Waals surface area contributed by atoms with Crippen LogP contribution in [0, 0.1) is 15.5 Å². The van der Waals surface area contributed by atoms with Crippen LogP contribution in [-0.2, 0) is 0 Å². The lowest BCUT2D eigenvalue weighted by Crippen LogP contribution is -2.20. The van der Waals surface area contributed by atoms with Crippen LogP contribution in [0.1, 0.15) is 27.2 Å². The van der Waals surface area contributed by atoms with Gasteiger partial charge in [0.25, 0.3) is 0 Å². The van der Waals surface area contributed by atoms with E-state index in [4.69, 9.17) is 18.9 Å². The van der Waals surface area contributed by atoms with Crippen LogP contribution in [0.15, 0.2) is 36.4 Å². The number of nitro benzene ring substituents is 1. The first-order valence-corrected chi connectivity index (χ1v) is 8.60. The zero-order valence-electron chi connectivity index (χ0n) is 16.3. The third-order valence-electron chi connectivity index (χ3n) is 4.30. The number of nitro groups is 1. The van der Waals surface area contributed by atoms with Crippen LogP contribution >= 0.6 is 0 Å². The number of nitrogens with zero attached hydrogens (tertiary/aromatic N) is 1. The molecule has 7 nitrogen and oxygen atoms in total. The number of hydrogen-bond acceptors (Lipinski definition) is 6. The van der Waals surface area contributed by atoms with Crippen LogP contribution in [0.5, 0.6) is 28.7 Å². The highest BCUT2D eigenvalue weighted by Crippen LogP contribution is 2.38. The van der Waals surface area contributed by atoms with Gasteiger partial charge in [0.15, 0.2) is 11.5 Å². The molecule has 0 radical (unpaired) electrons. The Hall–Kier alpha value is -2.96. The van der Waals surface area contributed by atoms with E-state index in [1.54, 1.807) is 24.3 Å². The Balaban J connectivity index is 2.25. The SMILES string of the molecule is CCC(C)(C)COc1ccc(Oc2ccc(OC)c(OC)c2)c([N+](=O)[O-])c1. The molecule has 0 aliphatic rings. The fourth-order valence-electron chi connectivity index (χ4n) is 2.20. The third kappa shape index (κ3) is 5.26. The number of rotatable bonds is 9. The molecule has 146 valence electrons. The van der Waals surface area contributed by atoms with E-state index in [1.165, 1.54) is 26.4 Å². The number of methoxy groups -OCH3 is 2. The van der Waals surface area contributed by atoms with Gasteiger partial charge in [-0.05, 0) is 36.1 Å². The summed E-state index contributed by atoms with van der Waals surface area (Å²) in [6.45, 7) is 6.70. The second kappa shape index (κ2) is 8.62. The van der Waals surface area contributed by atoms with Gasteiger partial charge in [-0.3, -0.25) is 10.1 Å². The van der Waals surface area contributed by atoms with Gasteiger partial charge in [0.1, 0.15) is 11.5 Å². The first-order valence-electron chi connectivity index (χ1n) is 8.60. The summed E-state index contributed by atoms with van der Waals surface area (Å²) in [5.74, 6) is 1.97. The van der Waals surface area contributed by atoms with E-state index in [2.05, 4.69) is 20.8 Å². The lowest BCUT2D eigenvalue weighted by atomic mass is 9.92. The molecule has 2 rings (SSSR count). The van der Waals surface area contributed by atoms with Gasteiger partial charge in [-0.25, -0.2) is 0 Å². The van der Waals surface area contributed by atoms with Crippen LogP contribution in [0.4, 0.5) is 5.69 Å². The van der Waals surface area contributed by atoms with Crippen molar-refractivity contribution in [3.63, 3.8) is 0 Å². The highest BCUT2D eigenvalue weighted by molar-refractivity contribution is 5.54. The lowest BCUT2D eigenvalue weighted by molar-refractivity contribution is -0.385. The molecule has 0 spiro atoms. The van der Waals surface area contributed by atoms with Gasteiger partial charge < -0.3 is 18.9 Å². The molecule has 2 aromatic carbocycles. The second-order valence-electron chi connectivity index (χ2n) is 6.81. The first-order chi connectivity index (χ1) is 12.8. The first kappa shape index (κ1) is 20.4. The number of benzene rings is 2. The van der Waals surface area contributed by atoms with Gasteiger partial charge in [-0.15, -0.1) is 0 Å². The summed E-state index contributed by atoms with van der Waals surface area (Å²) >= 11 is 0. The molecule has 0 saturated carbocycles. The summed E-state index contributed by atoms with van der Waals surface area (Å²) < 4.78 is 21.8. The fraction of sp³-hybridized carbons (Fsp3) is 0.400. The summed E-state index contributed by atoms with van der Waals surface area (Å²) in [5, 5.41) is 11.5. The quantitative estimate of drug-likeness (QED) is 0.441. The zero-order chi connectivity index (χ0) is 20.0. The Morgan fingerprint density at radius 3 is 2.19 bits per heavy atom. The molecule has 0 N–H and O–H groups in total. The van der Waals surface area contributed by atoms with Gasteiger partial charge in [0.2, 0.25) is 5.75 Å². The maximum absolute atomic E-state index is 11.5. The van der Waals surface area contributed by atoms with Crippen LogP contribution in [-0.4, -0.2) is 25.7 Å². The van der Waals surface area contributed by atoms with Crippen molar-refractivity contribution in [2.45, 2.75) is 27.2 Å². The van der Waals surface area contributed by atoms with Crippen LogP contribution < -0.4 is 18.9 Å². The molecule has 0 unspecified atom stereocenters. The molecule has 0 amide bonds. The second-order valence-corrected chi connectivity index (χ2v) is 6.81. The highest BCUT2D eigenvalue weighted by Gasteiger charge is 2.20. The van der Waals surface area contributed by atoms with E-state index in [1.807, 2.05) is 0 Å². The molecule has 0 aromatic heterocycles. The van der Waals surface area contributed by atoms with Crippen LogP contribution in [0.2, 0.25) is 0 Å². The van der Waals surface area contributed by atoms with Gasteiger partial charge in [-0.2, -0.15) is 0 Å². The number of hydrogen-bond donors (Lipinski definition) is 0. The van der Waals surface area contributed by atoms with Crippen molar-refractivity contribution in [3.05, 3.63) is 46.5 Å². The van der Waals surface area contributed by atoms with Gasteiger partial charge >= 0.3 is 5.69 Å². The molecule has 0 bridgehead atoms. The van der Waals surface area contributed by atoms with E-state index in [0.29, 0.717) is 29.6 Å². The minimum atomic E-state index is -0.492. The van der Waals surface area contributed by atoms with Gasteiger partial charge in [0, 0.05) is 6.07 Å². The van der Waals surface area contributed by atoms with Crippen molar-refractivity contribution in [2.75, 3.05) is 20.8 Å². The Morgan fingerprint density at radius 1 is 0.963 bits per heavy atom. The molecule has 7 heteroatoms. The molecular formula is C20H25NO6. The van der Waals surface area contributed by atoms with Gasteiger partial charge in [0.05, 0.1) is 31.8 Å². The van der Waals surface area contributed by atoms with Crippen molar-refractivity contribution < 1.29 is 23.9 Å². The summed E-state index contributed by atoms with van der Waals surface area (Å²) in [5.41, 5.74) is -0.180. The predicted molar refractivity (Wildman–Crippen MR) is 102 cm³/mol. The van der Waals surface area contributed by atoms with Crippen LogP contribution in [0.3, 0.4) is 0 Å². The molecule has 0 aliphatic heterocycles. The van der Waals surface area contributed by atoms with E-state index in [0.717, 1.165) is 6.42 Å².